The summed E-state index contributed by atoms with van der Waals surface area (Å²) in [6.07, 6.45) is 2.38. The largest absolute Gasteiger partial charge is 0.496 e. The third-order valence-corrected chi connectivity index (χ3v) is 7.80. The fourth-order valence-corrected chi connectivity index (χ4v) is 5.50. The van der Waals surface area contributed by atoms with E-state index in [1.165, 1.54) is 5.56 Å². The Kier molecular flexibility index (Phi) is 9.41. The standard InChI is InChI=1S/C33H44N4O4/c1-20(2)16-27(37-32(40)28-19-25-26(36-28)8-7-9-29(25)41-6)31(39)35-24(18-22-14-15-34-30(22)38)17-21-10-12-23(13-11-21)33(3,4)5/h7-13,19-20,22,24,27,36H,14-18H2,1-6H3,(H,34,38)(H,35,39)(H,37,40)/t22-,24+,27-/m0/s1. The summed E-state index contributed by atoms with van der Waals surface area (Å²) in [4.78, 5) is 42.6. The second-order valence-corrected chi connectivity index (χ2v) is 12.6. The fraction of sp³-hybridized carbons (Fsp3) is 0.485. The zero-order chi connectivity index (χ0) is 29.7. The molecule has 1 fully saturated rings. The molecule has 2 heterocycles. The van der Waals surface area contributed by atoms with Crippen molar-refractivity contribution in [3.63, 3.8) is 0 Å². The predicted molar refractivity (Wildman–Crippen MR) is 162 cm³/mol. The zero-order valence-corrected chi connectivity index (χ0v) is 25.1. The molecule has 4 rings (SSSR count). The molecule has 1 aliphatic rings. The van der Waals surface area contributed by atoms with Crippen molar-refractivity contribution in [1.82, 2.24) is 20.9 Å². The van der Waals surface area contributed by atoms with E-state index in [4.69, 9.17) is 4.74 Å². The summed E-state index contributed by atoms with van der Waals surface area (Å²) in [5, 5.41) is 9.87. The number of hydrogen-bond acceptors (Lipinski definition) is 4. The zero-order valence-electron chi connectivity index (χ0n) is 25.1. The van der Waals surface area contributed by atoms with Crippen molar-refractivity contribution in [1.29, 1.82) is 0 Å². The van der Waals surface area contributed by atoms with E-state index in [2.05, 4.69) is 66.0 Å². The van der Waals surface area contributed by atoms with Crippen molar-refractivity contribution in [3.8, 4) is 5.75 Å². The summed E-state index contributed by atoms with van der Waals surface area (Å²) in [5.41, 5.74) is 3.53. The number of ether oxygens (including phenoxy) is 1. The number of aromatic amines is 1. The summed E-state index contributed by atoms with van der Waals surface area (Å²) in [6, 6.07) is 14.8. The predicted octanol–water partition coefficient (Wildman–Crippen LogP) is 4.87. The van der Waals surface area contributed by atoms with Crippen LogP contribution in [-0.2, 0) is 21.4 Å². The Balaban J connectivity index is 1.52. The van der Waals surface area contributed by atoms with Crippen molar-refractivity contribution >= 4 is 28.6 Å². The van der Waals surface area contributed by atoms with Crippen molar-refractivity contribution < 1.29 is 19.1 Å². The van der Waals surface area contributed by atoms with E-state index >= 15 is 0 Å². The van der Waals surface area contributed by atoms with E-state index in [0.29, 0.717) is 37.3 Å². The number of fused-ring (bicyclic) bond motifs is 1. The van der Waals surface area contributed by atoms with Crippen LogP contribution in [0, 0.1) is 11.8 Å². The maximum Gasteiger partial charge on any atom is 0.268 e. The topological polar surface area (TPSA) is 112 Å². The highest BCUT2D eigenvalue weighted by Gasteiger charge is 2.31. The molecule has 0 saturated carbocycles. The van der Waals surface area contributed by atoms with Crippen molar-refractivity contribution in [2.24, 2.45) is 11.8 Å². The molecule has 2 aromatic carbocycles. The Bertz CT molecular complexity index is 1370. The van der Waals surface area contributed by atoms with Gasteiger partial charge >= 0.3 is 0 Å². The van der Waals surface area contributed by atoms with Crippen molar-refractivity contribution in [2.75, 3.05) is 13.7 Å². The molecule has 8 nitrogen and oxygen atoms in total. The monoisotopic (exact) mass is 560 g/mol. The first-order valence-corrected chi connectivity index (χ1v) is 14.6. The van der Waals surface area contributed by atoms with Gasteiger partial charge in [0, 0.05) is 29.4 Å². The van der Waals surface area contributed by atoms with Gasteiger partial charge < -0.3 is 25.7 Å². The summed E-state index contributed by atoms with van der Waals surface area (Å²) < 4.78 is 5.43. The number of H-pyrrole nitrogens is 1. The lowest BCUT2D eigenvalue weighted by Gasteiger charge is -2.26. The van der Waals surface area contributed by atoms with E-state index < -0.39 is 6.04 Å². The Labute approximate surface area is 243 Å². The van der Waals surface area contributed by atoms with Crippen LogP contribution >= 0.6 is 0 Å². The van der Waals surface area contributed by atoms with Crippen molar-refractivity contribution in [2.45, 2.75) is 77.8 Å². The van der Waals surface area contributed by atoms with Crippen LogP contribution in [0.25, 0.3) is 10.9 Å². The molecule has 8 heteroatoms. The summed E-state index contributed by atoms with van der Waals surface area (Å²) >= 11 is 0. The van der Waals surface area contributed by atoms with Gasteiger partial charge in [-0.25, -0.2) is 0 Å². The molecule has 1 saturated heterocycles. The van der Waals surface area contributed by atoms with Crippen LogP contribution in [0.15, 0.2) is 48.5 Å². The van der Waals surface area contributed by atoms with Crippen LogP contribution in [0.2, 0.25) is 0 Å². The highest BCUT2D eigenvalue weighted by molar-refractivity contribution is 6.01. The van der Waals surface area contributed by atoms with Gasteiger partial charge in [-0.05, 0) is 66.3 Å². The molecule has 3 atom stereocenters. The van der Waals surface area contributed by atoms with Gasteiger partial charge in [0.15, 0.2) is 0 Å². The minimum absolute atomic E-state index is 0.0357. The molecular formula is C33H44N4O4. The number of carbonyl (C=O) groups excluding carboxylic acids is 3. The number of rotatable bonds is 11. The third-order valence-electron chi connectivity index (χ3n) is 7.80. The number of methoxy groups -OCH3 is 1. The second kappa shape index (κ2) is 12.8. The quantitative estimate of drug-likeness (QED) is 0.268. The maximum absolute atomic E-state index is 13.7. The van der Waals surface area contributed by atoms with E-state index in [1.807, 2.05) is 32.0 Å². The van der Waals surface area contributed by atoms with E-state index in [0.717, 1.165) is 22.9 Å². The molecule has 0 spiro atoms. The molecule has 0 unspecified atom stereocenters. The number of aromatic nitrogens is 1. The van der Waals surface area contributed by atoms with Gasteiger partial charge in [-0.2, -0.15) is 0 Å². The lowest BCUT2D eigenvalue weighted by Crippen LogP contribution is -2.51. The highest BCUT2D eigenvalue weighted by atomic mass is 16.5. The Morgan fingerprint density at radius 1 is 1.07 bits per heavy atom. The first kappa shape index (κ1) is 30.2. The van der Waals surface area contributed by atoms with Crippen molar-refractivity contribution in [3.05, 3.63) is 65.4 Å². The van der Waals surface area contributed by atoms with Crippen LogP contribution in [0.3, 0.4) is 0 Å². The molecule has 3 amide bonds. The van der Waals surface area contributed by atoms with Gasteiger partial charge in [-0.1, -0.05) is 65.0 Å². The molecule has 4 N–H and O–H groups in total. The van der Waals surface area contributed by atoms with Gasteiger partial charge in [-0.3, -0.25) is 14.4 Å². The van der Waals surface area contributed by atoms with Crippen LogP contribution < -0.4 is 20.7 Å². The van der Waals surface area contributed by atoms with Gasteiger partial charge in [0.05, 0.1) is 7.11 Å². The van der Waals surface area contributed by atoms with Gasteiger partial charge in [0.2, 0.25) is 11.8 Å². The van der Waals surface area contributed by atoms with Crippen LogP contribution in [0.4, 0.5) is 0 Å². The van der Waals surface area contributed by atoms with Crippen LogP contribution in [0.5, 0.6) is 5.75 Å². The first-order valence-electron chi connectivity index (χ1n) is 14.6. The smallest absolute Gasteiger partial charge is 0.268 e. The number of hydrogen-bond donors (Lipinski definition) is 4. The maximum atomic E-state index is 13.7. The fourth-order valence-electron chi connectivity index (χ4n) is 5.50. The Morgan fingerprint density at radius 2 is 1.80 bits per heavy atom. The highest BCUT2D eigenvalue weighted by Crippen LogP contribution is 2.27. The van der Waals surface area contributed by atoms with Gasteiger partial charge in [0.25, 0.3) is 5.91 Å². The van der Waals surface area contributed by atoms with E-state index in [-0.39, 0.29) is 41.0 Å². The molecular weight excluding hydrogens is 516 g/mol. The number of amides is 3. The van der Waals surface area contributed by atoms with Gasteiger partial charge in [-0.15, -0.1) is 0 Å². The molecule has 0 bridgehead atoms. The minimum atomic E-state index is -0.723. The Morgan fingerprint density at radius 3 is 2.41 bits per heavy atom. The molecule has 0 aliphatic carbocycles. The average molecular weight is 561 g/mol. The van der Waals surface area contributed by atoms with E-state index in [9.17, 15) is 14.4 Å². The number of nitrogens with one attached hydrogen (secondary N) is 4. The molecule has 0 radical (unpaired) electrons. The third kappa shape index (κ3) is 7.69. The normalized spacial score (nSPS) is 16.9. The molecule has 1 aromatic heterocycles. The second-order valence-electron chi connectivity index (χ2n) is 12.6. The molecule has 3 aromatic rings. The minimum Gasteiger partial charge on any atom is -0.496 e. The average Bonchev–Trinajstić information content (AvgIpc) is 3.53. The molecule has 220 valence electrons. The molecule has 41 heavy (non-hydrogen) atoms. The summed E-state index contributed by atoms with van der Waals surface area (Å²) in [7, 11) is 1.59. The SMILES string of the molecule is COc1cccc2[nH]c(C(=O)N[C@@H](CC(C)C)C(=O)N[C@H](Cc3ccc(C(C)(C)C)cc3)C[C@@H]3CCNC3=O)cc12. The van der Waals surface area contributed by atoms with Gasteiger partial charge in [0.1, 0.15) is 17.5 Å². The number of carbonyl (C=O) groups is 3. The first-order chi connectivity index (χ1) is 19.4. The lowest BCUT2D eigenvalue weighted by atomic mass is 9.86. The van der Waals surface area contributed by atoms with E-state index in [1.54, 1.807) is 13.2 Å². The van der Waals surface area contributed by atoms with Crippen LogP contribution in [0.1, 0.15) is 75.5 Å². The van der Waals surface area contributed by atoms with Crippen LogP contribution in [-0.4, -0.2) is 48.4 Å². The molecule has 1 aliphatic heterocycles. The summed E-state index contributed by atoms with van der Waals surface area (Å²) in [5.74, 6) is 0.146. The number of benzene rings is 2. The Hall–Kier alpha value is -3.81. The lowest BCUT2D eigenvalue weighted by molar-refractivity contribution is -0.126. The summed E-state index contributed by atoms with van der Waals surface area (Å²) in [6.45, 7) is 11.2.